The van der Waals surface area contributed by atoms with E-state index in [4.69, 9.17) is 11.5 Å². The van der Waals surface area contributed by atoms with E-state index in [0.717, 1.165) is 0 Å². The quantitative estimate of drug-likeness (QED) is 0.603. The second-order valence-corrected chi connectivity index (χ2v) is 2.11. The highest BCUT2D eigenvalue weighted by Gasteiger charge is 2.02. The molecule has 11 heavy (non-hydrogen) atoms. The molecule has 1 unspecified atom stereocenters. The Hall–Kier alpha value is -1.33. The van der Waals surface area contributed by atoms with Crippen molar-refractivity contribution >= 4 is 0 Å². The van der Waals surface area contributed by atoms with Crippen molar-refractivity contribution in [2.24, 2.45) is 0 Å². The molecule has 1 aromatic rings. The van der Waals surface area contributed by atoms with E-state index in [1.807, 2.05) is 0 Å². The van der Waals surface area contributed by atoms with Gasteiger partial charge in [-0.05, 0) is 12.1 Å². The normalized spacial score (nSPS) is 12.1. The Balaban J connectivity index is 3.03. The molecule has 0 spiro atoms. The molecule has 56 valence electrons. The summed E-state index contributed by atoms with van der Waals surface area (Å²) in [6, 6.07) is 6.19. The summed E-state index contributed by atoms with van der Waals surface area (Å²) < 4.78 is 12.2. The topological polar surface area (TPSA) is 20.2 Å². The molecule has 1 nitrogen and oxygen atoms in total. The summed E-state index contributed by atoms with van der Waals surface area (Å²) in [5.74, 6) is 2.34. The molecule has 0 saturated heterocycles. The third kappa shape index (κ3) is 1.79. The van der Waals surface area contributed by atoms with Crippen molar-refractivity contribution in [3.05, 3.63) is 35.4 Å². The van der Waals surface area contributed by atoms with Crippen LogP contribution in [-0.4, -0.2) is 5.11 Å². The highest BCUT2D eigenvalue weighted by Crippen LogP contribution is 2.14. The van der Waals surface area contributed by atoms with E-state index in [1.54, 1.807) is 12.1 Å². The predicted octanol–water partition coefficient (Wildman–Crippen LogP) is 1.63. The lowest BCUT2D eigenvalue weighted by Crippen LogP contribution is -1.88. The van der Waals surface area contributed by atoms with Gasteiger partial charge in [-0.25, -0.2) is 4.39 Å². The minimum atomic E-state index is -1.94. The third-order valence-corrected chi connectivity index (χ3v) is 1.33. The smallest absolute Gasteiger partial charge is 0.222 e. The number of terminal acetylenes is 1. The predicted molar refractivity (Wildman–Crippen MR) is 40.4 cm³/mol. The number of halogens is 1. The lowest BCUT2D eigenvalue weighted by molar-refractivity contribution is 0.0411. The lowest BCUT2D eigenvalue weighted by atomic mass is 10.1. The van der Waals surface area contributed by atoms with Crippen LogP contribution < -0.4 is 0 Å². The first-order valence-electron chi connectivity index (χ1n) is 3.13. The molecule has 0 heterocycles. The highest BCUT2D eigenvalue weighted by atomic mass is 19.1. The summed E-state index contributed by atoms with van der Waals surface area (Å²) >= 11 is 0. The standard InChI is InChI=1S/C9H7FO/c1-2-7-4-3-5-8(6-7)9(10)11/h1,3-6,9,11H. The van der Waals surface area contributed by atoms with Crippen LogP contribution in [-0.2, 0) is 0 Å². The number of benzene rings is 1. The minimum Gasteiger partial charge on any atom is -0.360 e. The first-order chi connectivity index (χ1) is 5.24. The summed E-state index contributed by atoms with van der Waals surface area (Å²) in [6.07, 6.45) is 3.12. The van der Waals surface area contributed by atoms with Crippen LogP contribution in [0.1, 0.15) is 17.5 Å². The van der Waals surface area contributed by atoms with E-state index in [1.165, 1.54) is 12.1 Å². The van der Waals surface area contributed by atoms with Crippen LogP contribution in [0, 0.1) is 12.3 Å². The summed E-state index contributed by atoms with van der Waals surface area (Å²) in [5.41, 5.74) is 0.764. The molecule has 0 aliphatic carbocycles. The van der Waals surface area contributed by atoms with Gasteiger partial charge in [-0.15, -0.1) is 6.42 Å². The zero-order chi connectivity index (χ0) is 8.27. The van der Waals surface area contributed by atoms with Gasteiger partial charge in [-0.2, -0.15) is 0 Å². The van der Waals surface area contributed by atoms with E-state index in [9.17, 15) is 4.39 Å². The molecule has 1 rings (SSSR count). The van der Waals surface area contributed by atoms with E-state index >= 15 is 0 Å². The maximum absolute atomic E-state index is 12.2. The third-order valence-electron chi connectivity index (χ3n) is 1.33. The molecule has 0 aromatic heterocycles. The summed E-state index contributed by atoms with van der Waals surface area (Å²) in [7, 11) is 0. The Morgan fingerprint density at radius 3 is 2.82 bits per heavy atom. The maximum Gasteiger partial charge on any atom is 0.222 e. The van der Waals surface area contributed by atoms with Gasteiger partial charge < -0.3 is 5.11 Å². The van der Waals surface area contributed by atoms with Gasteiger partial charge in [0.15, 0.2) is 0 Å². The Morgan fingerprint density at radius 1 is 1.55 bits per heavy atom. The fourth-order valence-electron chi connectivity index (χ4n) is 0.777. The van der Waals surface area contributed by atoms with Crippen LogP contribution in [0.15, 0.2) is 24.3 Å². The van der Waals surface area contributed by atoms with Crippen molar-refractivity contribution in [1.82, 2.24) is 0 Å². The molecule has 0 amide bonds. The van der Waals surface area contributed by atoms with Gasteiger partial charge in [-0.1, -0.05) is 18.1 Å². The molecular weight excluding hydrogens is 143 g/mol. The largest absolute Gasteiger partial charge is 0.360 e. The van der Waals surface area contributed by atoms with Crippen molar-refractivity contribution < 1.29 is 9.50 Å². The van der Waals surface area contributed by atoms with Crippen LogP contribution in [0.3, 0.4) is 0 Å². The molecule has 0 fully saturated rings. The molecule has 0 aliphatic heterocycles. The SMILES string of the molecule is C#Cc1cccc(C(O)F)c1. The molecule has 0 radical (unpaired) electrons. The van der Waals surface area contributed by atoms with Gasteiger partial charge in [-0.3, -0.25) is 0 Å². The lowest BCUT2D eigenvalue weighted by Gasteiger charge is -2.00. The number of hydrogen-bond acceptors (Lipinski definition) is 1. The number of aliphatic hydroxyl groups excluding tert-OH is 1. The van der Waals surface area contributed by atoms with Crippen LogP contribution in [0.5, 0.6) is 0 Å². The second-order valence-electron chi connectivity index (χ2n) is 2.11. The van der Waals surface area contributed by atoms with Crippen LogP contribution in [0.4, 0.5) is 4.39 Å². The van der Waals surface area contributed by atoms with Crippen molar-refractivity contribution in [3.63, 3.8) is 0 Å². The van der Waals surface area contributed by atoms with E-state index in [2.05, 4.69) is 5.92 Å². The molecular formula is C9H7FO. The van der Waals surface area contributed by atoms with E-state index in [0.29, 0.717) is 5.56 Å². The number of alkyl halides is 1. The van der Waals surface area contributed by atoms with Gasteiger partial charge in [0.05, 0.1) is 0 Å². The summed E-state index contributed by atoms with van der Waals surface area (Å²) in [5, 5.41) is 8.51. The molecule has 0 saturated carbocycles. The molecule has 2 heteroatoms. The van der Waals surface area contributed by atoms with Crippen molar-refractivity contribution in [1.29, 1.82) is 0 Å². The number of rotatable bonds is 1. The van der Waals surface area contributed by atoms with E-state index in [-0.39, 0.29) is 5.56 Å². The van der Waals surface area contributed by atoms with Gasteiger partial charge >= 0.3 is 0 Å². The highest BCUT2D eigenvalue weighted by molar-refractivity contribution is 5.35. The Kier molecular flexibility index (Phi) is 2.25. The summed E-state index contributed by atoms with van der Waals surface area (Å²) in [4.78, 5) is 0. The summed E-state index contributed by atoms with van der Waals surface area (Å²) in [6.45, 7) is 0. The van der Waals surface area contributed by atoms with Crippen LogP contribution in [0.25, 0.3) is 0 Å². The van der Waals surface area contributed by atoms with Crippen molar-refractivity contribution in [2.45, 2.75) is 6.36 Å². The van der Waals surface area contributed by atoms with Crippen molar-refractivity contribution in [3.8, 4) is 12.3 Å². The van der Waals surface area contributed by atoms with Gasteiger partial charge in [0.2, 0.25) is 6.36 Å². The first kappa shape index (κ1) is 7.77. The Bertz CT molecular complexity index is 286. The minimum absolute atomic E-state index is 0.195. The zero-order valence-electron chi connectivity index (χ0n) is 5.79. The van der Waals surface area contributed by atoms with Crippen LogP contribution >= 0.6 is 0 Å². The number of hydrogen-bond donors (Lipinski definition) is 1. The van der Waals surface area contributed by atoms with Crippen molar-refractivity contribution in [2.75, 3.05) is 0 Å². The monoisotopic (exact) mass is 150 g/mol. The first-order valence-corrected chi connectivity index (χ1v) is 3.13. The van der Waals surface area contributed by atoms with Crippen LogP contribution in [0.2, 0.25) is 0 Å². The maximum atomic E-state index is 12.2. The average Bonchev–Trinajstić information content (AvgIpc) is 2.05. The molecule has 1 atom stereocenters. The molecule has 1 N–H and O–H groups in total. The van der Waals surface area contributed by atoms with Gasteiger partial charge in [0, 0.05) is 11.1 Å². The zero-order valence-corrected chi connectivity index (χ0v) is 5.79. The van der Waals surface area contributed by atoms with Gasteiger partial charge in [0.25, 0.3) is 0 Å². The molecule has 0 aliphatic rings. The fraction of sp³-hybridized carbons (Fsp3) is 0.111. The average molecular weight is 150 g/mol. The Labute approximate surface area is 64.5 Å². The second kappa shape index (κ2) is 3.18. The van der Waals surface area contributed by atoms with Gasteiger partial charge in [0.1, 0.15) is 0 Å². The van der Waals surface area contributed by atoms with E-state index < -0.39 is 6.36 Å². The number of aliphatic hydroxyl groups is 1. The fourth-order valence-corrected chi connectivity index (χ4v) is 0.777. The molecule has 1 aromatic carbocycles. The molecule has 0 bridgehead atoms. The Morgan fingerprint density at radius 2 is 2.27 bits per heavy atom.